The molecule has 3 amide bonds. The standard InChI is InChI=1S/C12H13F3N4O2S/c13-12(14,15)7-5-22-8(16-7)4-19-3-1-2-11(6-19)9(20)17-10(21)18-11/h5H,1-4,6H2,(H2,17,18,20,21)/t11-/m0/s1. The van der Waals surface area contributed by atoms with Gasteiger partial charge in [-0.2, -0.15) is 13.2 Å². The Balaban J connectivity index is 1.70. The van der Waals surface area contributed by atoms with E-state index in [1.807, 2.05) is 4.90 Å². The van der Waals surface area contributed by atoms with E-state index in [4.69, 9.17) is 0 Å². The van der Waals surface area contributed by atoms with Crippen molar-refractivity contribution in [1.82, 2.24) is 20.5 Å². The van der Waals surface area contributed by atoms with E-state index >= 15 is 0 Å². The molecule has 1 atom stereocenters. The fourth-order valence-electron chi connectivity index (χ4n) is 2.80. The number of alkyl halides is 3. The highest BCUT2D eigenvalue weighted by Gasteiger charge is 2.48. The molecule has 3 heterocycles. The number of aromatic nitrogens is 1. The highest BCUT2D eigenvalue weighted by molar-refractivity contribution is 7.09. The summed E-state index contributed by atoms with van der Waals surface area (Å²) in [5.41, 5.74) is -1.87. The Kier molecular flexibility index (Phi) is 3.60. The number of nitrogens with zero attached hydrogens (tertiary/aromatic N) is 2. The summed E-state index contributed by atoms with van der Waals surface area (Å²) in [5, 5.41) is 6.16. The van der Waals surface area contributed by atoms with Gasteiger partial charge in [-0.1, -0.05) is 0 Å². The molecule has 0 aliphatic carbocycles. The zero-order valence-corrected chi connectivity index (χ0v) is 12.2. The molecule has 6 nitrogen and oxygen atoms in total. The minimum Gasteiger partial charge on any atom is -0.322 e. The van der Waals surface area contributed by atoms with Crippen molar-refractivity contribution >= 4 is 23.3 Å². The number of likely N-dealkylation sites (tertiary alicyclic amines) is 1. The van der Waals surface area contributed by atoms with Crippen LogP contribution < -0.4 is 10.6 Å². The number of urea groups is 1. The molecule has 2 aliphatic heterocycles. The summed E-state index contributed by atoms with van der Waals surface area (Å²) < 4.78 is 37.6. The van der Waals surface area contributed by atoms with Gasteiger partial charge in [-0.3, -0.25) is 15.0 Å². The lowest BCUT2D eigenvalue weighted by atomic mass is 9.89. The maximum absolute atomic E-state index is 12.5. The van der Waals surface area contributed by atoms with Crippen molar-refractivity contribution in [1.29, 1.82) is 0 Å². The molecule has 3 rings (SSSR count). The molecule has 1 aromatic rings. The van der Waals surface area contributed by atoms with Gasteiger partial charge in [0.2, 0.25) is 0 Å². The minimum atomic E-state index is -4.45. The minimum absolute atomic E-state index is 0.228. The van der Waals surface area contributed by atoms with E-state index < -0.39 is 23.4 Å². The molecule has 10 heteroatoms. The highest BCUT2D eigenvalue weighted by Crippen LogP contribution is 2.31. The number of carbonyl (C=O) groups excluding carboxylic acids is 2. The number of halogens is 3. The number of amides is 3. The summed E-state index contributed by atoms with van der Waals surface area (Å²) in [4.78, 5) is 28.7. The van der Waals surface area contributed by atoms with Crippen molar-refractivity contribution in [3.05, 3.63) is 16.1 Å². The van der Waals surface area contributed by atoms with Crippen LogP contribution in [0.1, 0.15) is 23.5 Å². The lowest BCUT2D eigenvalue weighted by Gasteiger charge is -2.37. The molecule has 0 radical (unpaired) electrons. The Labute approximate surface area is 127 Å². The van der Waals surface area contributed by atoms with E-state index in [-0.39, 0.29) is 19.0 Å². The molecule has 1 aromatic heterocycles. The summed E-state index contributed by atoms with van der Waals surface area (Å²) in [7, 11) is 0. The number of imide groups is 1. The summed E-state index contributed by atoms with van der Waals surface area (Å²) in [6, 6.07) is -0.527. The quantitative estimate of drug-likeness (QED) is 0.801. The number of hydrogen-bond donors (Lipinski definition) is 2. The first kappa shape index (κ1) is 15.2. The predicted molar refractivity (Wildman–Crippen MR) is 71.0 cm³/mol. The molecule has 0 bridgehead atoms. The molecule has 2 fully saturated rings. The molecule has 0 unspecified atom stereocenters. The molecule has 2 aliphatic rings. The van der Waals surface area contributed by atoms with Crippen LogP contribution in [0.2, 0.25) is 0 Å². The first-order chi connectivity index (χ1) is 10.3. The molecule has 120 valence electrons. The van der Waals surface area contributed by atoms with Crippen LogP contribution in [-0.4, -0.2) is 40.5 Å². The molecule has 22 heavy (non-hydrogen) atoms. The second kappa shape index (κ2) is 5.20. The lowest BCUT2D eigenvalue weighted by molar-refractivity contribution is -0.140. The van der Waals surface area contributed by atoms with E-state index in [1.165, 1.54) is 0 Å². The van der Waals surface area contributed by atoms with E-state index in [1.54, 1.807) is 0 Å². The van der Waals surface area contributed by atoms with E-state index in [9.17, 15) is 22.8 Å². The van der Waals surface area contributed by atoms with Crippen LogP contribution in [0.3, 0.4) is 0 Å². The fraction of sp³-hybridized carbons (Fsp3) is 0.583. The maximum atomic E-state index is 12.5. The summed E-state index contributed by atoms with van der Waals surface area (Å²) in [5.74, 6) is -0.377. The number of rotatable bonds is 2. The monoisotopic (exact) mass is 334 g/mol. The van der Waals surface area contributed by atoms with E-state index in [2.05, 4.69) is 15.6 Å². The topological polar surface area (TPSA) is 74.3 Å². The first-order valence-corrected chi connectivity index (χ1v) is 7.54. The van der Waals surface area contributed by atoms with Gasteiger partial charge in [0.25, 0.3) is 5.91 Å². The fourth-order valence-corrected chi connectivity index (χ4v) is 3.64. The SMILES string of the molecule is O=C1NC(=O)[C@@]2(CCCN(Cc3nc(C(F)(F)F)cs3)C2)N1. The summed E-state index contributed by atoms with van der Waals surface area (Å²) in [6.07, 6.45) is -3.25. The van der Waals surface area contributed by atoms with Crippen LogP contribution in [-0.2, 0) is 17.5 Å². The van der Waals surface area contributed by atoms with Crippen molar-refractivity contribution in [3.8, 4) is 0 Å². The van der Waals surface area contributed by atoms with Crippen molar-refractivity contribution in [2.75, 3.05) is 13.1 Å². The largest absolute Gasteiger partial charge is 0.434 e. The molecule has 2 saturated heterocycles. The molecule has 0 aromatic carbocycles. The third-order valence-corrected chi connectivity index (χ3v) is 4.62. The maximum Gasteiger partial charge on any atom is 0.434 e. The third-order valence-electron chi connectivity index (χ3n) is 3.79. The number of hydrogen-bond acceptors (Lipinski definition) is 5. The van der Waals surface area contributed by atoms with E-state index in [0.717, 1.165) is 16.7 Å². The van der Waals surface area contributed by atoms with Crippen LogP contribution in [0.25, 0.3) is 0 Å². The molecular formula is C12H13F3N4O2S. The van der Waals surface area contributed by atoms with Gasteiger partial charge in [-0.25, -0.2) is 9.78 Å². The van der Waals surface area contributed by atoms with Gasteiger partial charge in [0, 0.05) is 11.9 Å². The van der Waals surface area contributed by atoms with Crippen molar-refractivity contribution in [3.63, 3.8) is 0 Å². The van der Waals surface area contributed by atoms with Crippen LogP contribution in [0.5, 0.6) is 0 Å². The van der Waals surface area contributed by atoms with Gasteiger partial charge in [0.15, 0.2) is 5.69 Å². The lowest BCUT2D eigenvalue weighted by Crippen LogP contribution is -2.58. The zero-order valence-electron chi connectivity index (χ0n) is 11.4. The van der Waals surface area contributed by atoms with E-state index in [0.29, 0.717) is 24.4 Å². The normalized spacial score (nSPS) is 26.3. The summed E-state index contributed by atoms with van der Waals surface area (Å²) >= 11 is 0.942. The highest BCUT2D eigenvalue weighted by atomic mass is 32.1. The average Bonchev–Trinajstić information content (AvgIpc) is 2.96. The molecule has 2 N–H and O–H groups in total. The molecular weight excluding hydrogens is 321 g/mol. The first-order valence-electron chi connectivity index (χ1n) is 6.66. The van der Waals surface area contributed by atoms with Gasteiger partial charge in [0.05, 0.1) is 6.54 Å². The Morgan fingerprint density at radius 3 is 2.77 bits per heavy atom. The molecule has 0 saturated carbocycles. The van der Waals surface area contributed by atoms with Crippen molar-refractivity contribution in [2.24, 2.45) is 0 Å². The van der Waals surface area contributed by atoms with Crippen LogP contribution in [0.4, 0.5) is 18.0 Å². The number of piperidine rings is 1. The van der Waals surface area contributed by atoms with Gasteiger partial charge >= 0.3 is 12.2 Å². The Morgan fingerprint density at radius 2 is 2.18 bits per heavy atom. The van der Waals surface area contributed by atoms with Crippen molar-refractivity contribution < 1.29 is 22.8 Å². The number of nitrogens with one attached hydrogen (secondary N) is 2. The average molecular weight is 334 g/mol. The number of thiazole rings is 1. The second-order valence-corrected chi connectivity index (χ2v) is 6.37. The zero-order chi connectivity index (χ0) is 16.0. The molecule has 1 spiro atoms. The smallest absolute Gasteiger partial charge is 0.322 e. The van der Waals surface area contributed by atoms with Gasteiger partial charge in [0.1, 0.15) is 10.5 Å². The van der Waals surface area contributed by atoms with Crippen molar-refractivity contribution in [2.45, 2.75) is 31.1 Å². The Morgan fingerprint density at radius 1 is 1.41 bits per heavy atom. The Bertz CT molecular complexity index is 618. The predicted octanol–water partition coefficient (Wildman–Crippen LogP) is 1.34. The number of carbonyl (C=O) groups is 2. The summed E-state index contributed by atoms with van der Waals surface area (Å²) in [6.45, 7) is 1.14. The van der Waals surface area contributed by atoms with Gasteiger partial charge in [-0.05, 0) is 19.4 Å². The van der Waals surface area contributed by atoms with Crippen LogP contribution in [0, 0.1) is 0 Å². The second-order valence-electron chi connectivity index (χ2n) is 5.43. The van der Waals surface area contributed by atoms with Gasteiger partial charge < -0.3 is 5.32 Å². The Hall–Kier alpha value is -1.68. The van der Waals surface area contributed by atoms with Crippen LogP contribution in [0.15, 0.2) is 5.38 Å². The van der Waals surface area contributed by atoms with Crippen LogP contribution >= 0.6 is 11.3 Å². The third kappa shape index (κ3) is 2.80. The van der Waals surface area contributed by atoms with Gasteiger partial charge in [-0.15, -0.1) is 11.3 Å².